The molecule has 0 aliphatic rings. The van der Waals surface area contributed by atoms with Gasteiger partial charge in [0.15, 0.2) is 0 Å². The van der Waals surface area contributed by atoms with E-state index in [0.717, 1.165) is 33.1 Å². The van der Waals surface area contributed by atoms with E-state index >= 15 is 0 Å². The normalized spacial score (nSPS) is 12.3. The van der Waals surface area contributed by atoms with Crippen molar-refractivity contribution in [3.63, 3.8) is 0 Å². The van der Waals surface area contributed by atoms with Crippen molar-refractivity contribution in [1.29, 1.82) is 0 Å². The van der Waals surface area contributed by atoms with Crippen LogP contribution in [0.4, 0.5) is 0 Å². The maximum atomic E-state index is 6.94. The molecule has 14 rings (SSSR count). The van der Waals surface area contributed by atoms with Crippen LogP contribution in [-0.4, -0.2) is 0 Å². The zero-order chi connectivity index (χ0) is 39.8. The van der Waals surface area contributed by atoms with Gasteiger partial charge in [0, 0.05) is 21.9 Å². The third-order valence-corrected chi connectivity index (χ3v) is 13.6. The van der Waals surface area contributed by atoms with Gasteiger partial charge in [0.2, 0.25) is 0 Å². The molecule has 1 heterocycles. The Balaban J connectivity index is 0.939. The van der Waals surface area contributed by atoms with E-state index < -0.39 is 0 Å². The molecule has 0 bridgehead atoms. The van der Waals surface area contributed by atoms with Crippen molar-refractivity contribution in [3.8, 4) is 44.5 Å². The summed E-state index contributed by atoms with van der Waals surface area (Å²) in [6, 6.07) is 76.2. The molecule has 61 heavy (non-hydrogen) atoms. The zero-order valence-electron chi connectivity index (χ0n) is 33.0. The van der Waals surface area contributed by atoms with E-state index in [1.807, 2.05) is 0 Å². The fourth-order valence-electron chi connectivity index (χ4n) is 10.8. The van der Waals surface area contributed by atoms with Crippen LogP contribution >= 0.6 is 0 Å². The van der Waals surface area contributed by atoms with Gasteiger partial charge in [-0.05, 0) is 115 Å². The second-order valence-corrected chi connectivity index (χ2v) is 16.7. The first-order valence-corrected chi connectivity index (χ1v) is 21.2. The van der Waals surface area contributed by atoms with E-state index in [1.54, 1.807) is 0 Å². The third-order valence-electron chi connectivity index (χ3n) is 13.6. The molecule has 1 heteroatoms. The lowest BCUT2D eigenvalue weighted by Crippen LogP contribution is -1.90. The smallest absolute Gasteiger partial charge is 0.144 e. The Labute approximate surface area is 351 Å². The first-order chi connectivity index (χ1) is 30.2. The number of hydrogen-bond donors (Lipinski definition) is 0. The second-order valence-electron chi connectivity index (χ2n) is 16.7. The molecule has 13 aromatic carbocycles. The van der Waals surface area contributed by atoms with Crippen LogP contribution in [0.2, 0.25) is 0 Å². The standard InChI is InChI=1S/C60H34O/c1-2-12-48-47(11-1)57(41-19-15-35(16-20-41)45-31-27-42-25-23-37-7-5-9-39-29-33-49(45)55(42)53(37)39)59-51-13-3-4-14-52(51)61-60(59)58(48)44-21-17-36(18-22-44)46-32-28-43-26-24-38-8-6-10-40-30-34-50(46)56(43)54(38)40/h1-34H. The first kappa shape index (κ1) is 32.9. The van der Waals surface area contributed by atoms with E-state index in [1.165, 1.54) is 109 Å². The van der Waals surface area contributed by atoms with Crippen LogP contribution in [0.15, 0.2) is 211 Å². The fourth-order valence-corrected chi connectivity index (χ4v) is 10.8. The lowest BCUT2D eigenvalue weighted by atomic mass is 9.86. The maximum absolute atomic E-state index is 6.94. The first-order valence-electron chi connectivity index (χ1n) is 21.2. The zero-order valence-corrected chi connectivity index (χ0v) is 33.0. The molecule has 0 saturated heterocycles. The lowest BCUT2D eigenvalue weighted by molar-refractivity contribution is 0.670. The van der Waals surface area contributed by atoms with Crippen molar-refractivity contribution in [2.75, 3.05) is 0 Å². The predicted octanol–water partition coefficient (Wildman–Crippen LogP) is 17.2. The average molecular weight is 771 g/mol. The predicted molar refractivity (Wildman–Crippen MR) is 260 cm³/mol. The molecular weight excluding hydrogens is 737 g/mol. The van der Waals surface area contributed by atoms with Gasteiger partial charge in [-0.15, -0.1) is 0 Å². The van der Waals surface area contributed by atoms with Gasteiger partial charge in [0.25, 0.3) is 0 Å². The largest absolute Gasteiger partial charge is 0.455 e. The Kier molecular flexibility index (Phi) is 6.62. The Morgan fingerprint density at radius 3 is 1.15 bits per heavy atom. The maximum Gasteiger partial charge on any atom is 0.144 e. The van der Waals surface area contributed by atoms with Crippen LogP contribution in [0, 0.1) is 0 Å². The Morgan fingerprint density at radius 2 is 0.623 bits per heavy atom. The quantitative estimate of drug-likeness (QED) is 0.162. The molecule has 0 saturated carbocycles. The average Bonchev–Trinajstić information content (AvgIpc) is 3.71. The molecule has 1 nitrogen and oxygen atoms in total. The fraction of sp³-hybridized carbons (Fsp3) is 0. The summed E-state index contributed by atoms with van der Waals surface area (Å²) in [5, 5.41) is 20.3. The summed E-state index contributed by atoms with van der Waals surface area (Å²) in [5.41, 5.74) is 11.4. The molecule has 0 aliphatic heterocycles. The summed E-state index contributed by atoms with van der Waals surface area (Å²) in [7, 11) is 0. The van der Waals surface area contributed by atoms with Gasteiger partial charge in [-0.2, -0.15) is 0 Å². The van der Waals surface area contributed by atoms with Crippen molar-refractivity contribution in [3.05, 3.63) is 206 Å². The number of furan rings is 1. The number of hydrogen-bond acceptors (Lipinski definition) is 1. The number of benzene rings is 13. The van der Waals surface area contributed by atoms with Gasteiger partial charge in [-0.25, -0.2) is 0 Å². The highest BCUT2D eigenvalue weighted by Gasteiger charge is 2.23. The summed E-state index contributed by atoms with van der Waals surface area (Å²) in [4.78, 5) is 0. The van der Waals surface area contributed by atoms with Crippen molar-refractivity contribution in [2.24, 2.45) is 0 Å². The van der Waals surface area contributed by atoms with Crippen molar-refractivity contribution >= 4 is 97.3 Å². The molecule has 0 aliphatic carbocycles. The molecule has 0 N–H and O–H groups in total. The molecule has 0 amide bonds. The minimum Gasteiger partial charge on any atom is -0.455 e. The van der Waals surface area contributed by atoms with Crippen molar-refractivity contribution in [2.45, 2.75) is 0 Å². The molecule has 0 radical (unpaired) electrons. The summed E-state index contributed by atoms with van der Waals surface area (Å²) in [5.74, 6) is 0. The molecule has 1 aromatic heterocycles. The second kappa shape index (κ2) is 12.3. The Bertz CT molecular complexity index is 4040. The van der Waals surface area contributed by atoms with Gasteiger partial charge in [-0.3, -0.25) is 0 Å². The van der Waals surface area contributed by atoms with E-state index in [2.05, 4.69) is 206 Å². The summed E-state index contributed by atoms with van der Waals surface area (Å²) in [6.45, 7) is 0. The van der Waals surface area contributed by atoms with Gasteiger partial charge < -0.3 is 4.42 Å². The van der Waals surface area contributed by atoms with E-state index in [-0.39, 0.29) is 0 Å². The van der Waals surface area contributed by atoms with E-state index in [4.69, 9.17) is 4.42 Å². The van der Waals surface area contributed by atoms with Crippen LogP contribution in [0.25, 0.3) is 142 Å². The molecule has 0 spiro atoms. The minimum absolute atomic E-state index is 0.894. The van der Waals surface area contributed by atoms with E-state index in [9.17, 15) is 0 Å². The molecular formula is C60H34O. The SMILES string of the molecule is c1cc2ccc3ccc(-c4ccc(-c5c6ccccc6c(-c6ccc(-c7ccc8ccc9cccc%10ccc7c8c9%10)cc6)c6c5oc5ccccc56)cc4)c4ccc(c1)c2c34. The summed E-state index contributed by atoms with van der Waals surface area (Å²) in [6.07, 6.45) is 0. The van der Waals surface area contributed by atoms with E-state index in [0.29, 0.717) is 0 Å². The molecule has 0 unspecified atom stereocenters. The Hall–Kier alpha value is -8.00. The summed E-state index contributed by atoms with van der Waals surface area (Å²) < 4.78 is 6.94. The Morgan fingerprint density at radius 1 is 0.230 bits per heavy atom. The monoisotopic (exact) mass is 770 g/mol. The number of rotatable bonds is 4. The van der Waals surface area contributed by atoms with Crippen LogP contribution in [0.5, 0.6) is 0 Å². The van der Waals surface area contributed by atoms with Gasteiger partial charge in [-0.1, -0.05) is 200 Å². The molecule has 0 fully saturated rings. The van der Waals surface area contributed by atoms with Crippen molar-refractivity contribution < 1.29 is 4.42 Å². The minimum atomic E-state index is 0.894. The van der Waals surface area contributed by atoms with Crippen molar-refractivity contribution in [1.82, 2.24) is 0 Å². The lowest BCUT2D eigenvalue weighted by Gasteiger charge is -2.17. The van der Waals surface area contributed by atoms with Gasteiger partial charge in [0.05, 0.1) is 0 Å². The summed E-state index contributed by atoms with van der Waals surface area (Å²) >= 11 is 0. The molecule has 280 valence electrons. The molecule has 0 atom stereocenters. The van der Waals surface area contributed by atoms with Crippen LogP contribution in [-0.2, 0) is 0 Å². The highest BCUT2D eigenvalue weighted by atomic mass is 16.3. The van der Waals surface area contributed by atoms with Gasteiger partial charge in [0.1, 0.15) is 11.2 Å². The van der Waals surface area contributed by atoms with Crippen LogP contribution < -0.4 is 0 Å². The third kappa shape index (κ3) is 4.61. The number of fused-ring (bicyclic) bond motifs is 4. The highest BCUT2D eigenvalue weighted by molar-refractivity contribution is 6.29. The topological polar surface area (TPSA) is 13.1 Å². The highest BCUT2D eigenvalue weighted by Crippen LogP contribution is 2.49. The van der Waals surface area contributed by atoms with Gasteiger partial charge >= 0.3 is 0 Å². The van der Waals surface area contributed by atoms with Crippen LogP contribution in [0.3, 0.4) is 0 Å². The van der Waals surface area contributed by atoms with Crippen LogP contribution in [0.1, 0.15) is 0 Å². The molecule has 14 aromatic rings. The number of para-hydroxylation sites is 1.